The van der Waals surface area contributed by atoms with E-state index in [9.17, 15) is 4.79 Å². The molecule has 0 aliphatic heterocycles. The van der Waals surface area contributed by atoms with Crippen LogP contribution in [-0.4, -0.2) is 22.0 Å². The largest absolute Gasteiger partial charge is 0.423 e. The second-order valence-electron chi connectivity index (χ2n) is 3.67. The van der Waals surface area contributed by atoms with E-state index in [2.05, 4.69) is 15.5 Å². The molecular weight excluding hydrogens is 254 g/mol. The average molecular weight is 266 g/mol. The molecule has 1 heterocycles. The van der Waals surface area contributed by atoms with Gasteiger partial charge in [0.2, 0.25) is 18.2 Å². The van der Waals surface area contributed by atoms with Gasteiger partial charge in [0.1, 0.15) is 0 Å². The van der Waals surface area contributed by atoms with Crippen LogP contribution in [0.4, 0.5) is 5.69 Å². The maximum atomic E-state index is 11.5. The zero-order chi connectivity index (χ0) is 12.8. The molecular formula is C12H12ClN3O2. The van der Waals surface area contributed by atoms with Gasteiger partial charge in [-0.1, -0.05) is 6.07 Å². The van der Waals surface area contributed by atoms with Gasteiger partial charge in [0, 0.05) is 23.6 Å². The van der Waals surface area contributed by atoms with Crippen molar-refractivity contribution in [1.29, 1.82) is 0 Å². The molecule has 2 rings (SSSR count). The van der Waals surface area contributed by atoms with E-state index in [0.29, 0.717) is 30.3 Å². The molecule has 0 fully saturated rings. The summed E-state index contributed by atoms with van der Waals surface area (Å²) >= 11 is 5.53. The monoisotopic (exact) mass is 265 g/mol. The molecule has 0 bridgehead atoms. The molecule has 1 amide bonds. The summed E-state index contributed by atoms with van der Waals surface area (Å²) in [6, 6.07) is 7.24. The first kappa shape index (κ1) is 12.6. The third-order valence-corrected chi connectivity index (χ3v) is 2.56. The SMILES string of the molecule is O=C(CCCCl)Nc1cccc(-c2nnco2)c1. The number of benzene rings is 1. The molecule has 18 heavy (non-hydrogen) atoms. The molecule has 1 N–H and O–H groups in total. The Labute approximate surface area is 109 Å². The van der Waals surface area contributed by atoms with Crippen LogP contribution in [0.2, 0.25) is 0 Å². The lowest BCUT2D eigenvalue weighted by Crippen LogP contribution is -2.11. The Bertz CT molecular complexity index is 514. The van der Waals surface area contributed by atoms with E-state index in [0.717, 1.165) is 5.56 Å². The van der Waals surface area contributed by atoms with Crippen molar-refractivity contribution < 1.29 is 9.21 Å². The lowest BCUT2D eigenvalue weighted by Gasteiger charge is -2.05. The van der Waals surface area contributed by atoms with Crippen molar-refractivity contribution in [2.45, 2.75) is 12.8 Å². The Hall–Kier alpha value is -1.88. The first-order valence-electron chi connectivity index (χ1n) is 5.52. The van der Waals surface area contributed by atoms with E-state index < -0.39 is 0 Å². The van der Waals surface area contributed by atoms with Crippen molar-refractivity contribution in [3.05, 3.63) is 30.7 Å². The Kier molecular flexibility index (Phi) is 4.30. The van der Waals surface area contributed by atoms with Crippen molar-refractivity contribution in [2.75, 3.05) is 11.2 Å². The van der Waals surface area contributed by atoms with E-state index in [1.165, 1.54) is 6.39 Å². The molecule has 0 atom stereocenters. The predicted molar refractivity (Wildman–Crippen MR) is 68.3 cm³/mol. The smallest absolute Gasteiger partial charge is 0.247 e. The number of halogens is 1. The predicted octanol–water partition coefficient (Wildman–Crippen LogP) is 2.69. The van der Waals surface area contributed by atoms with Gasteiger partial charge in [0.05, 0.1) is 0 Å². The number of aromatic nitrogens is 2. The third-order valence-electron chi connectivity index (χ3n) is 2.29. The first-order valence-corrected chi connectivity index (χ1v) is 6.05. The normalized spacial score (nSPS) is 10.3. The lowest BCUT2D eigenvalue weighted by atomic mass is 10.2. The number of carbonyl (C=O) groups excluding carboxylic acids is 1. The lowest BCUT2D eigenvalue weighted by molar-refractivity contribution is -0.116. The minimum atomic E-state index is -0.0571. The van der Waals surface area contributed by atoms with Crippen LogP contribution in [0, 0.1) is 0 Å². The van der Waals surface area contributed by atoms with E-state index in [1.54, 1.807) is 12.1 Å². The van der Waals surface area contributed by atoms with Gasteiger partial charge >= 0.3 is 0 Å². The summed E-state index contributed by atoms with van der Waals surface area (Å²) in [7, 11) is 0. The Morgan fingerprint density at radius 3 is 3.06 bits per heavy atom. The number of nitrogens with zero attached hydrogens (tertiary/aromatic N) is 2. The van der Waals surface area contributed by atoms with Crippen LogP contribution in [0.15, 0.2) is 35.1 Å². The number of amides is 1. The highest BCUT2D eigenvalue weighted by Gasteiger charge is 2.06. The quantitative estimate of drug-likeness (QED) is 0.844. The highest BCUT2D eigenvalue weighted by molar-refractivity contribution is 6.18. The second-order valence-corrected chi connectivity index (χ2v) is 4.04. The Morgan fingerprint density at radius 2 is 2.33 bits per heavy atom. The van der Waals surface area contributed by atoms with Gasteiger partial charge in [-0.05, 0) is 24.6 Å². The van der Waals surface area contributed by atoms with Crippen LogP contribution in [0.3, 0.4) is 0 Å². The van der Waals surface area contributed by atoms with Gasteiger partial charge in [-0.15, -0.1) is 21.8 Å². The van der Waals surface area contributed by atoms with E-state index in [4.69, 9.17) is 16.0 Å². The van der Waals surface area contributed by atoms with Crippen LogP contribution in [0.5, 0.6) is 0 Å². The van der Waals surface area contributed by atoms with Crippen molar-refractivity contribution in [3.8, 4) is 11.5 Å². The summed E-state index contributed by atoms with van der Waals surface area (Å²) in [5.41, 5.74) is 1.47. The zero-order valence-corrected chi connectivity index (χ0v) is 10.4. The van der Waals surface area contributed by atoms with Gasteiger partial charge in [-0.25, -0.2) is 0 Å². The second kappa shape index (κ2) is 6.16. The minimum Gasteiger partial charge on any atom is -0.423 e. The molecule has 0 radical (unpaired) electrons. The fraction of sp³-hybridized carbons (Fsp3) is 0.250. The van der Waals surface area contributed by atoms with Crippen LogP contribution in [-0.2, 0) is 4.79 Å². The number of anilines is 1. The highest BCUT2D eigenvalue weighted by atomic mass is 35.5. The maximum absolute atomic E-state index is 11.5. The van der Waals surface area contributed by atoms with Crippen molar-refractivity contribution in [3.63, 3.8) is 0 Å². The molecule has 0 aliphatic rings. The molecule has 0 unspecified atom stereocenters. The molecule has 0 saturated carbocycles. The molecule has 0 aliphatic carbocycles. The van der Waals surface area contributed by atoms with E-state index in [1.807, 2.05) is 12.1 Å². The van der Waals surface area contributed by atoms with Crippen molar-refractivity contribution in [2.24, 2.45) is 0 Å². The summed E-state index contributed by atoms with van der Waals surface area (Å²) < 4.78 is 5.09. The Morgan fingerprint density at radius 1 is 1.44 bits per heavy atom. The van der Waals surface area contributed by atoms with Gasteiger partial charge in [0.25, 0.3) is 0 Å². The summed E-state index contributed by atoms with van der Waals surface area (Å²) in [5, 5.41) is 10.2. The zero-order valence-electron chi connectivity index (χ0n) is 9.60. The minimum absolute atomic E-state index is 0.0571. The summed E-state index contributed by atoms with van der Waals surface area (Å²) in [6.07, 6.45) is 2.34. The fourth-order valence-corrected chi connectivity index (χ4v) is 1.61. The topological polar surface area (TPSA) is 68.0 Å². The van der Waals surface area contributed by atoms with E-state index in [-0.39, 0.29) is 5.91 Å². The summed E-state index contributed by atoms with van der Waals surface area (Å²) in [6.45, 7) is 0. The molecule has 0 spiro atoms. The van der Waals surface area contributed by atoms with E-state index >= 15 is 0 Å². The molecule has 94 valence electrons. The highest BCUT2D eigenvalue weighted by Crippen LogP contribution is 2.20. The van der Waals surface area contributed by atoms with Gasteiger partial charge in [0.15, 0.2) is 0 Å². The first-order chi connectivity index (χ1) is 8.79. The number of hydrogen-bond acceptors (Lipinski definition) is 4. The Balaban J connectivity index is 2.06. The maximum Gasteiger partial charge on any atom is 0.247 e. The van der Waals surface area contributed by atoms with Crippen molar-refractivity contribution >= 4 is 23.2 Å². The molecule has 2 aromatic rings. The summed E-state index contributed by atoms with van der Waals surface area (Å²) in [5.74, 6) is 0.848. The van der Waals surface area contributed by atoms with Gasteiger partial charge in [-0.3, -0.25) is 4.79 Å². The molecule has 0 saturated heterocycles. The number of carbonyl (C=O) groups is 1. The molecule has 5 nitrogen and oxygen atoms in total. The molecule has 6 heteroatoms. The van der Waals surface area contributed by atoms with Crippen LogP contribution < -0.4 is 5.32 Å². The van der Waals surface area contributed by atoms with Crippen molar-refractivity contribution in [1.82, 2.24) is 10.2 Å². The van der Waals surface area contributed by atoms with Crippen LogP contribution in [0.25, 0.3) is 11.5 Å². The summed E-state index contributed by atoms with van der Waals surface area (Å²) in [4.78, 5) is 11.5. The molecule has 1 aromatic heterocycles. The van der Waals surface area contributed by atoms with Gasteiger partial charge < -0.3 is 9.73 Å². The number of hydrogen-bond donors (Lipinski definition) is 1. The standard InChI is InChI=1S/C12H12ClN3O2/c13-6-2-5-11(17)15-10-4-1-3-9(7-10)12-16-14-8-18-12/h1,3-4,7-8H,2,5-6H2,(H,15,17). The van der Waals surface area contributed by atoms with Gasteiger partial charge in [-0.2, -0.15) is 0 Å². The van der Waals surface area contributed by atoms with Crippen LogP contribution in [0.1, 0.15) is 12.8 Å². The fourth-order valence-electron chi connectivity index (χ4n) is 1.48. The number of rotatable bonds is 5. The number of alkyl halides is 1. The third kappa shape index (κ3) is 3.30. The van der Waals surface area contributed by atoms with Crippen LogP contribution >= 0.6 is 11.6 Å². The number of nitrogens with one attached hydrogen (secondary N) is 1. The molecule has 1 aromatic carbocycles. The average Bonchev–Trinajstić information content (AvgIpc) is 2.90.